The number of imide groups is 1. The number of urea groups is 1. The van der Waals surface area contributed by atoms with E-state index in [2.05, 4.69) is 29.4 Å². The maximum absolute atomic E-state index is 12.4. The highest BCUT2D eigenvalue weighted by Gasteiger charge is 2.36. The molecule has 2 rings (SSSR count). The van der Waals surface area contributed by atoms with Gasteiger partial charge in [-0.25, -0.2) is 4.79 Å². The number of aryl methyl sites for hydroxylation is 2. The fourth-order valence-electron chi connectivity index (χ4n) is 3.24. The van der Waals surface area contributed by atoms with Gasteiger partial charge in [-0.15, -0.1) is 12.4 Å². The fraction of sp³-hybridized carbons (Fsp3) is 0.579. The number of rotatable bonds is 3. The third-order valence-electron chi connectivity index (χ3n) is 5.14. The third kappa shape index (κ3) is 5.43. The molecule has 0 saturated carbocycles. The second-order valence-electron chi connectivity index (χ2n) is 7.79. The number of anilines is 1. The van der Waals surface area contributed by atoms with Crippen LogP contribution in [0.15, 0.2) is 18.2 Å². The Labute approximate surface area is 162 Å². The second-order valence-corrected chi connectivity index (χ2v) is 7.79. The van der Waals surface area contributed by atoms with Gasteiger partial charge in [0.1, 0.15) is 0 Å². The van der Waals surface area contributed by atoms with Gasteiger partial charge in [0.15, 0.2) is 0 Å². The van der Waals surface area contributed by atoms with Crippen molar-refractivity contribution in [2.75, 3.05) is 18.4 Å². The number of benzene rings is 1. The normalized spacial score (nSPS) is 20.6. The third-order valence-corrected chi connectivity index (χ3v) is 5.14. The van der Waals surface area contributed by atoms with Crippen molar-refractivity contribution in [2.45, 2.75) is 53.1 Å². The zero-order valence-corrected chi connectivity index (χ0v) is 17.1. The summed E-state index contributed by atoms with van der Waals surface area (Å²) in [5.41, 5.74) is 8.89. The van der Waals surface area contributed by atoms with Gasteiger partial charge in [0.25, 0.3) is 0 Å². The van der Waals surface area contributed by atoms with Crippen LogP contribution in [0.1, 0.15) is 38.3 Å². The first kappa shape index (κ1) is 22.4. The summed E-state index contributed by atoms with van der Waals surface area (Å²) < 4.78 is 0. The molecule has 146 valence electrons. The van der Waals surface area contributed by atoms with E-state index in [9.17, 15) is 9.59 Å². The minimum absolute atomic E-state index is 0. The lowest BCUT2D eigenvalue weighted by Gasteiger charge is -2.44. The summed E-state index contributed by atoms with van der Waals surface area (Å²) in [6.45, 7) is 11.5. The number of hydrogen-bond donors (Lipinski definition) is 3. The molecule has 1 aliphatic rings. The van der Waals surface area contributed by atoms with Crippen LogP contribution in [0.4, 0.5) is 10.5 Å². The molecule has 0 aliphatic carbocycles. The molecule has 26 heavy (non-hydrogen) atoms. The Morgan fingerprint density at radius 3 is 2.54 bits per heavy atom. The predicted octanol–water partition coefficient (Wildman–Crippen LogP) is 2.82. The summed E-state index contributed by atoms with van der Waals surface area (Å²) in [6, 6.07) is 5.00. The topological polar surface area (TPSA) is 87.5 Å². The van der Waals surface area contributed by atoms with E-state index in [0.29, 0.717) is 5.69 Å². The lowest BCUT2D eigenvalue weighted by Crippen LogP contribution is -2.58. The van der Waals surface area contributed by atoms with Crippen LogP contribution < -0.4 is 16.4 Å². The predicted molar refractivity (Wildman–Crippen MR) is 108 cm³/mol. The number of piperidine rings is 1. The molecule has 0 bridgehead atoms. The maximum Gasteiger partial charge on any atom is 0.325 e. The van der Waals surface area contributed by atoms with E-state index < -0.39 is 6.03 Å². The number of nitrogens with one attached hydrogen (secondary N) is 2. The molecule has 0 radical (unpaired) electrons. The zero-order chi connectivity index (χ0) is 18.8. The fourth-order valence-corrected chi connectivity index (χ4v) is 3.24. The Morgan fingerprint density at radius 1 is 1.31 bits per heavy atom. The molecular weight excluding hydrogens is 352 g/mol. The molecule has 0 spiro atoms. The average molecular weight is 383 g/mol. The summed E-state index contributed by atoms with van der Waals surface area (Å²) >= 11 is 0. The standard InChI is InChI=1S/C19H30N4O2.ClH/c1-12-6-7-15(13(2)10-12)21-18(25)22-17(24)14(3)23-9-8-16(20)19(4,5)11-23;/h6-7,10,14,16H,8-9,11,20H2,1-5H3,(H2,21,22,24,25);1H. The maximum atomic E-state index is 12.4. The number of carbonyl (C=O) groups excluding carboxylic acids is 2. The highest BCUT2D eigenvalue weighted by molar-refractivity contribution is 6.03. The molecule has 1 aliphatic heterocycles. The Morgan fingerprint density at radius 2 is 1.96 bits per heavy atom. The molecule has 1 aromatic carbocycles. The lowest BCUT2D eigenvalue weighted by molar-refractivity contribution is -0.126. The average Bonchev–Trinajstić information content (AvgIpc) is 2.52. The number of halogens is 1. The van der Waals surface area contributed by atoms with E-state index in [-0.39, 0.29) is 35.8 Å². The molecule has 2 atom stereocenters. The Bertz CT molecular complexity index is 663. The number of amides is 3. The zero-order valence-electron chi connectivity index (χ0n) is 16.3. The number of nitrogens with zero attached hydrogens (tertiary/aromatic N) is 1. The van der Waals surface area contributed by atoms with Crippen LogP contribution in [0.5, 0.6) is 0 Å². The highest BCUT2D eigenvalue weighted by atomic mass is 35.5. The smallest absolute Gasteiger partial charge is 0.325 e. The molecule has 2 unspecified atom stereocenters. The van der Waals surface area contributed by atoms with Crippen LogP contribution in [0, 0.1) is 19.3 Å². The Kier molecular flexibility index (Phi) is 7.62. The molecule has 4 N–H and O–H groups in total. The quantitative estimate of drug-likeness (QED) is 0.750. The molecule has 3 amide bonds. The van der Waals surface area contributed by atoms with Gasteiger partial charge in [-0.3, -0.25) is 15.0 Å². The number of hydrogen-bond acceptors (Lipinski definition) is 4. The highest BCUT2D eigenvalue weighted by Crippen LogP contribution is 2.28. The van der Waals surface area contributed by atoms with Gasteiger partial charge in [-0.05, 0) is 44.2 Å². The van der Waals surface area contributed by atoms with Crippen LogP contribution in [-0.2, 0) is 4.79 Å². The monoisotopic (exact) mass is 382 g/mol. The van der Waals surface area contributed by atoms with Crippen LogP contribution in [-0.4, -0.2) is 42.0 Å². The van der Waals surface area contributed by atoms with E-state index >= 15 is 0 Å². The van der Waals surface area contributed by atoms with Crippen molar-refractivity contribution < 1.29 is 9.59 Å². The van der Waals surface area contributed by atoms with Crippen molar-refractivity contribution in [1.82, 2.24) is 10.2 Å². The molecule has 1 heterocycles. The first-order valence-corrected chi connectivity index (χ1v) is 8.79. The van der Waals surface area contributed by atoms with Crippen molar-refractivity contribution >= 4 is 30.0 Å². The van der Waals surface area contributed by atoms with Crippen molar-refractivity contribution in [2.24, 2.45) is 11.1 Å². The minimum atomic E-state index is -0.503. The van der Waals surface area contributed by atoms with Gasteiger partial charge in [0.2, 0.25) is 5.91 Å². The van der Waals surface area contributed by atoms with Crippen molar-refractivity contribution in [3.63, 3.8) is 0 Å². The summed E-state index contributed by atoms with van der Waals surface area (Å²) in [6.07, 6.45) is 0.847. The Balaban J connectivity index is 0.00000338. The number of carbonyl (C=O) groups is 2. The van der Waals surface area contributed by atoms with E-state index in [0.717, 1.165) is 30.6 Å². The van der Waals surface area contributed by atoms with Crippen molar-refractivity contribution in [3.05, 3.63) is 29.3 Å². The molecular formula is C19H31ClN4O2. The molecule has 7 heteroatoms. The van der Waals surface area contributed by atoms with E-state index in [1.807, 2.05) is 39.0 Å². The van der Waals surface area contributed by atoms with Gasteiger partial charge in [-0.2, -0.15) is 0 Å². The van der Waals surface area contributed by atoms with E-state index in [1.54, 1.807) is 0 Å². The van der Waals surface area contributed by atoms with Crippen LogP contribution in [0.25, 0.3) is 0 Å². The molecule has 0 aromatic heterocycles. The Hall–Kier alpha value is -1.63. The summed E-state index contributed by atoms with van der Waals surface area (Å²) in [5.74, 6) is -0.298. The summed E-state index contributed by atoms with van der Waals surface area (Å²) in [7, 11) is 0. The molecule has 1 fully saturated rings. The van der Waals surface area contributed by atoms with Crippen molar-refractivity contribution in [3.8, 4) is 0 Å². The molecule has 6 nitrogen and oxygen atoms in total. The van der Waals surface area contributed by atoms with Gasteiger partial charge >= 0.3 is 6.03 Å². The van der Waals surface area contributed by atoms with Crippen LogP contribution >= 0.6 is 12.4 Å². The summed E-state index contributed by atoms with van der Waals surface area (Å²) in [5, 5.41) is 5.18. The second kappa shape index (κ2) is 8.84. The minimum Gasteiger partial charge on any atom is -0.327 e. The molecule has 1 saturated heterocycles. The number of nitrogens with two attached hydrogens (primary N) is 1. The van der Waals surface area contributed by atoms with Crippen molar-refractivity contribution in [1.29, 1.82) is 0 Å². The largest absolute Gasteiger partial charge is 0.327 e. The first-order chi connectivity index (χ1) is 11.6. The lowest BCUT2D eigenvalue weighted by atomic mass is 9.79. The van der Waals surface area contributed by atoms with Gasteiger partial charge in [0, 0.05) is 24.8 Å². The van der Waals surface area contributed by atoms with Crippen LogP contribution in [0.2, 0.25) is 0 Å². The van der Waals surface area contributed by atoms with Gasteiger partial charge in [-0.1, -0.05) is 31.5 Å². The number of likely N-dealkylation sites (tertiary alicyclic amines) is 1. The van der Waals surface area contributed by atoms with Gasteiger partial charge < -0.3 is 11.1 Å². The van der Waals surface area contributed by atoms with Gasteiger partial charge in [0.05, 0.1) is 6.04 Å². The van der Waals surface area contributed by atoms with E-state index in [1.165, 1.54) is 0 Å². The van der Waals surface area contributed by atoms with E-state index in [4.69, 9.17) is 5.73 Å². The SMILES string of the molecule is Cc1ccc(NC(=O)NC(=O)C(C)N2CCC(N)C(C)(C)C2)c(C)c1.Cl. The molecule has 1 aromatic rings. The summed E-state index contributed by atoms with van der Waals surface area (Å²) in [4.78, 5) is 26.7. The first-order valence-electron chi connectivity index (χ1n) is 8.79. The van der Waals surface area contributed by atoms with Crippen LogP contribution in [0.3, 0.4) is 0 Å².